The fourth-order valence-electron chi connectivity index (χ4n) is 1.08. The van der Waals surface area contributed by atoms with Crippen molar-refractivity contribution in [3.63, 3.8) is 0 Å². The van der Waals surface area contributed by atoms with E-state index >= 15 is 0 Å². The molecule has 0 radical (unpaired) electrons. The van der Waals surface area contributed by atoms with Crippen molar-refractivity contribution in [2.45, 2.75) is 13.8 Å². The third-order valence-electron chi connectivity index (χ3n) is 1.77. The average molecular weight is 182 g/mol. The summed E-state index contributed by atoms with van der Waals surface area (Å²) < 4.78 is 0. The van der Waals surface area contributed by atoms with Crippen LogP contribution in [0.1, 0.15) is 16.7 Å². The van der Waals surface area contributed by atoms with Crippen LogP contribution in [0, 0.1) is 25.2 Å². The molecule has 0 heterocycles. The van der Waals surface area contributed by atoms with E-state index in [1.807, 2.05) is 6.07 Å². The third-order valence-corrected chi connectivity index (χ3v) is 2.35. The maximum absolute atomic E-state index is 9.32. The first-order valence-electron chi connectivity index (χ1n) is 3.46. The van der Waals surface area contributed by atoms with Gasteiger partial charge in [-0.05, 0) is 31.0 Å². The summed E-state index contributed by atoms with van der Waals surface area (Å²) in [6.07, 6.45) is 0. The first-order chi connectivity index (χ1) is 5.57. The lowest BCUT2D eigenvalue weighted by Gasteiger charge is -2.05. The lowest BCUT2D eigenvalue weighted by Crippen LogP contribution is -1.87. The van der Waals surface area contributed by atoms with Gasteiger partial charge in [0.15, 0.2) is 0 Å². The largest absolute Gasteiger partial charge is 0.507 e. The Morgan fingerprint density at radius 2 is 2.08 bits per heavy atom. The predicted octanol–water partition coefficient (Wildman–Crippen LogP) is 2.53. The molecule has 0 aromatic heterocycles. The molecule has 0 saturated heterocycles. The van der Waals surface area contributed by atoms with Crippen molar-refractivity contribution in [2.24, 2.45) is 0 Å². The summed E-state index contributed by atoms with van der Waals surface area (Å²) in [4.78, 5) is 0. The van der Waals surface area contributed by atoms with E-state index in [9.17, 15) is 5.11 Å². The van der Waals surface area contributed by atoms with E-state index in [2.05, 4.69) is 0 Å². The Labute approximate surface area is 76.0 Å². The van der Waals surface area contributed by atoms with Crippen LogP contribution in [0.25, 0.3) is 0 Å². The monoisotopic (exact) mass is 181 g/mol. The van der Waals surface area contributed by atoms with Gasteiger partial charge in [-0.15, -0.1) is 0 Å². The SMILES string of the molecule is Cc1cc(O)c(C#N)c(C)c1Cl. The van der Waals surface area contributed by atoms with Gasteiger partial charge in [-0.2, -0.15) is 5.26 Å². The lowest BCUT2D eigenvalue weighted by atomic mass is 10.1. The molecule has 0 saturated carbocycles. The Hall–Kier alpha value is -1.20. The van der Waals surface area contributed by atoms with Gasteiger partial charge in [0.1, 0.15) is 11.8 Å². The lowest BCUT2D eigenvalue weighted by molar-refractivity contribution is 0.472. The van der Waals surface area contributed by atoms with Crippen LogP contribution in [0.5, 0.6) is 5.75 Å². The van der Waals surface area contributed by atoms with Crippen LogP contribution in [0.4, 0.5) is 0 Å². The molecule has 0 unspecified atom stereocenters. The Kier molecular flexibility index (Phi) is 2.25. The van der Waals surface area contributed by atoms with Crippen LogP contribution in [0.15, 0.2) is 6.07 Å². The van der Waals surface area contributed by atoms with Crippen molar-refractivity contribution in [1.29, 1.82) is 5.26 Å². The van der Waals surface area contributed by atoms with E-state index in [1.165, 1.54) is 6.07 Å². The zero-order valence-corrected chi connectivity index (χ0v) is 7.61. The number of phenols is 1. The van der Waals surface area contributed by atoms with Crippen LogP contribution in [-0.2, 0) is 0 Å². The average Bonchev–Trinajstić information content (AvgIpc) is 2.01. The summed E-state index contributed by atoms with van der Waals surface area (Å²) in [5, 5.41) is 18.5. The van der Waals surface area contributed by atoms with E-state index in [-0.39, 0.29) is 11.3 Å². The minimum absolute atomic E-state index is 0.00287. The number of phenolic OH excluding ortho intramolecular Hbond substituents is 1. The maximum atomic E-state index is 9.32. The third kappa shape index (κ3) is 1.24. The molecule has 0 aliphatic carbocycles. The van der Waals surface area contributed by atoms with Crippen LogP contribution in [-0.4, -0.2) is 5.11 Å². The quantitative estimate of drug-likeness (QED) is 0.669. The van der Waals surface area contributed by atoms with Crippen LogP contribution in [0.2, 0.25) is 5.02 Å². The highest BCUT2D eigenvalue weighted by Crippen LogP contribution is 2.29. The minimum atomic E-state index is -0.00287. The topological polar surface area (TPSA) is 44.0 Å². The molecular weight excluding hydrogens is 174 g/mol. The second-order valence-electron chi connectivity index (χ2n) is 2.64. The standard InChI is InChI=1S/C9H8ClNO/c1-5-3-8(12)7(4-11)6(2)9(5)10/h3,12H,1-2H3. The number of hydrogen-bond donors (Lipinski definition) is 1. The summed E-state index contributed by atoms with van der Waals surface area (Å²) in [5.41, 5.74) is 1.67. The maximum Gasteiger partial charge on any atom is 0.133 e. The molecule has 0 bridgehead atoms. The number of aryl methyl sites for hydroxylation is 1. The molecule has 62 valence electrons. The van der Waals surface area contributed by atoms with Gasteiger partial charge in [0.05, 0.1) is 5.56 Å². The second-order valence-corrected chi connectivity index (χ2v) is 3.02. The molecule has 0 spiro atoms. The Balaban J connectivity index is 3.54. The number of nitriles is 1. The fraction of sp³-hybridized carbons (Fsp3) is 0.222. The van der Waals surface area contributed by atoms with E-state index in [1.54, 1.807) is 13.8 Å². The van der Waals surface area contributed by atoms with E-state index in [0.717, 1.165) is 5.56 Å². The van der Waals surface area contributed by atoms with Gasteiger partial charge < -0.3 is 5.11 Å². The molecule has 12 heavy (non-hydrogen) atoms. The molecule has 0 atom stereocenters. The summed E-state index contributed by atoms with van der Waals surface area (Å²) in [6.45, 7) is 3.50. The number of aromatic hydroxyl groups is 1. The summed E-state index contributed by atoms with van der Waals surface area (Å²) >= 11 is 5.87. The highest BCUT2D eigenvalue weighted by atomic mass is 35.5. The molecule has 0 aliphatic heterocycles. The van der Waals surface area contributed by atoms with Crippen molar-refractivity contribution in [3.8, 4) is 11.8 Å². The van der Waals surface area contributed by atoms with Crippen LogP contribution >= 0.6 is 11.6 Å². The predicted molar refractivity (Wildman–Crippen MR) is 47.3 cm³/mol. The number of benzene rings is 1. The number of nitrogens with zero attached hydrogens (tertiary/aromatic N) is 1. The van der Waals surface area contributed by atoms with Gasteiger partial charge in [0.25, 0.3) is 0 Å². The first-order valence-corrected chi connectivity index (χ1v) is 3.84. The molecule has 1 rings (SSSR count). The number of rotatable bonds is 0. The van der Waals surface area contributed by atoms with Gasteiger partial charge in [0, 0.05) is 5.02 Å². The van der Waals surface area contributed by atoms with Crippen molar-refractivity contribution < 1.29 is 5.11 Å². The van der Waals surface area contributed by atoms with Crippen molar-refractivity contribution in [2.75, 3.05) is 0 Å². The van der Waals surface area contributed by atoms with Gasteiger partial charge in [0.2, 0.25) is 0 Å². The van der Waals surface area contributed by atoms with Crippen molar-refractivity contribution in [1.82, 2.24) is 0 Å². The van der Waals surface area contributed by atoms with E-state index in [4.69, 9.17) is 16.9 Å². The Bertz CT molecular complexity index is 366. The Morgan fingerprint density at radius 1 is 1.50 bits per heavy atom. The minimum Gasteiger partial charge on any atom is -0.507 e. The summed E-state index contributed by atoms with van der Waals surface area (Å²) in [6, 6.07) is 3.39. The second kappa shape index (κ2) is 3.04. The Morgan fingerprint density at radius 3 is 2.58 bits per heavy atom. The molecule has 0 fully saturated rings. The van der Waals surface area contributed by atoms with Gasteiger partial charge >= 0.3 is 0 Å². The molecule has 0 amide bonds. The van der Waals surface area contributed by atoms with E-state index in [0.29, 0.717) is 10.6 Å². The highest BCUT2D eigenvalue weighted by Gasteiger charge is 2.09. The molecule has 1 N–H and O–H groups in total. The van der Waals surface area contributed by atoms with Gasteiger partial charge in [-0.3, -0.25) is 0 Å². The smallest absolute Gasteiger partial charge is 0.133 e. The van der Waals surface area contributed by atoms with Gasteiger partial charge in [-0.25, -0.2) is 0 Å². The van der Waals surface area contributed by atoms with E-state index < -0.39 is 0 Å². The molecule has 2 nitrogen and oxygen atoms in total. The summed E-state index contributed by atoms with van der Waals surface area (Å²) in [7, 11) is 0. The highest BCUT2D eigenvalue weighted by molar-refractivity contribution is 6.32. The molecular formula is C9H8ClNO. The fourth-order valence-corrected chi connectivity index (χ4v) is 1.23. The normalized spacial score (nSPS) is 9.50. The van der Waals surface area contributed by atoms with Crippen molar-refractivity contribution >= 4 is 11.6 Å². The van der Waals surface area contributed by atoms with Crippen LogP contribution < -0.4 is 0 Å². The van der Waals surface area contributed by atoms with Crippen LogP contribution in [0.3, 0.4) is 0 Å². The molecule has 1 aromatic rings. The molecule has 0 aliphatic rings. The number of hydrogen-bond acceptors (Lipinski definition) is 2. The number of halogens is 1. The summed E-state index contributed by atoms with van der Waals surface area (Å²) in [5.74, 6) is -0.00287. The zero-order chi connectivity index (χ0) is 9.30. The first kappa shape index (κ1) is 8.89. The van der Waals surface area contributed by atoms with Gasteiger partial charge in [-0.1, -0.05) is 11.6 Å². The molecule has 1 aromatic carbocycles. The molecule has 3 heteroatoms. The van der Waals surface area contributed by atoms with Crippen molar-refractivity contribution in [3.05, 3.63) is 27.8 Å². The zero-order valence-electron chi connectivity index (χ0n) is 6.85.